The lowest BCUT2D eigenvalue weighted by molar-refractivity contribution is 0.0116. The average Bonchev–Trinajstić information content (AvgIpc) is 2.56. The molecule has 23 heavy (non-hydrogen) atoms. The van der Waals surface area contributed by atoms with E-state index in [0.717, 1.165) is 10.0 Å². The molecule has 3 rings (SSSR count). The molecule has 0 spiro atoms. The van der Waals surface area contributed by atoms with Gasteiger partial charge in [-0.2, -0.15) is 5.26 Å². The van der Waals surface area contributed by atoms with Crippen LogP contribution in [0.25, 0.3) is 0 Å². The summed E-state index contributed by atoms with van der Waals surface area (Å²) in [5.41, 5.74) is 0.561. The van der Waals surface area contributed by atoms with Gasteiger partial charge >= 0.3 is 0 Å². The van der Waals surface area contributed by atoms with Crippen LogP contribution in [0.3, 0.4) is 0 Å². The highest BCUT2D eigenvalue weighted by atomic mass is 79.9. The number of pyridine rings is 1. The van der Waals surface area contributed by atoms with Crippen molar-refractivity contribution in [2.24, 2.45) is 0 Å². The molecule has 1 aliphatic heterocycles. The van der Waals surface area contributed by atoms with E-state index in [1.807, 2.05) is 12.1 Å². The first kappa shape index (κ1) is 16.3. The molecule has 6 heteroatoms. The highest BCUT2D eigenvalue weighted by molar-refractivity contribution is 9.10. The maximum absolute atomic E-state index is 10.9. The molecular weight excluding hydrogens is 378 g/mol. The SMILES string of the molecule is N#Cc1cc(Br)cnc1N1CCC(O)(c2ccc(Cl)cc2)CC1. The van der Waals surface area contributed by atoms with E-state index in [2.05, 4.69) is 31.9 Å². The summed E-state index contributed by atoms with van der Waals surface area (Å²) in [5, 5.41) is 20.8. The fourth-order valence-corrected chi connectivity index (χ4v) is 3.36. The van der Waals surface area contributed by atoms with Crippen LogP contribution in [0.4, 0.5) is 5.82 Å². The van der Waals surface area contributed by atoms with E-state index in [0.29, 0.717) is 42.3 Å². The van der Waals surface area contributed by atoms with E-state index in [4.69, 9.17) is 11.6 Å². The van der Waals surface area contributed by atoms with Crippen molar-refractivity contribution in [3.8, 4) is 6.07 Å². The summed E-state index contributed by atoms with van der Waals surface area (Å²) in [4.78, 5) is 6.41. The Kier molecular flexibility index (Phi) is 4.58. The molecule has 1 fully saturated rings. The molecule has 1 saturated heterocycles. The molecule has 0 bridgehead atoms. The first-order chi connectivity index (χ1) is 11.0. The number of nitriles is 1. The summed E-state index contributed by atoms with van der Waals surface area (Å²) >= 11 is 9.25. The number of piperidine rings is 1. The lowest BCUT2D eigenvalue weighted by Crippen LogP contribution is -2.43. The van der Waals surface area contributed by atoms with Crippen LogP contribution >= 0.6 is 27.5 Å². The molecule has 1 aromatic carbocycles. The largest absolute Gasteiger partial charge is 0.385 e. The van der Waals surface area contributed by atoms with Gasteiger partial charge < -0.3 is 10.0 Å². The Morgan fingerprint density at radius 3 is 2.52 bits per heavy atom. The van der Waals surface area contributed by atoms with Crippen molar-refractivity contribution in [1.29, 1.82) is 5.26 Å². The molecule has 0 saturated carbocycles. The van der Waals surface area contributed by atoms with Crippen molar-refractivity contribution >= 4 is 33.3 Å². The number of aromatic nitrogens is 1. The number of nitrogens with zero attached hydrogens (tertiary/aromatic N) is 3. The van der Waals surface area contributed by atoms with Crippen molar-refractivity contribution in [2.45, 2.75) is 18.4 Å². The predicted molar refractivity (Wildman–Crippen MR) is 93.4 cm³/mol. The second kappa shape index (κ2) is 6.48. The van der Waals surface area contributed by atoms with Gasteiger partial charge in [-0.3, -0.25) is 0 Å². The normalized spacial score (nSPS) is 16.9. The van der Waals surface area contributed by atoms with E-state index < -0.39 is 5.60 Å². The molecule has 0 aliphatic carbocycles. The molecule has 0 unspecified atom stereocenters. The van der Waals surface area contributed by atoms with Crippen LogP contribution in [0.15, 0.2) is 41.0 Å². The van der Waals surface area contributed by atoms with Gasteiger partial charge in [0, 0.05) is 28.8 Å². The minimum atomic E-state index is -0.858. The van der Waals surface area contributed by atoms with Gasteiger partial charge in [0.25, 0.3) is 0 Å². The topological polar surface area (TPSA) is 60.2 Å². The lowest BCUT2D eigenvalue weighted by atomic mass is 9.84. The lowest BCUT2D eigenvalue weighted by Gasteiger charge is -2.39. The Balaban J connectivity index is 1.78. The molecular formula is C17H15BrClN3O. The van der Waals surface area contributed by atoms with Crippen molar-refractivity contribution in [3.05, 3.63) is 57.2 Å². The molecule has 1 aromatic heterocycles. The monoisotopic (exact) mass is 391 g/mol. The Bertz CT molecular complexity index is 749. The summed E-state index contributed by atoms with van der Waals surface area (Å²) in [6.07, 6.45) is 2.85. The van der Waals surface area contributed by atoms with E-state index >= 15 is 0 Å². The van der Waals surface area contributed by atoms with Crippen LogP contribution in [-0.4, -0.2) is 23.2 Å². The zero-order valence-electron chi connectivity index (χ0n) is 12.3. The highest BCUT2D eigenvalue weighted by Crippen LogP contribution is 2.35. The number of hydrogen-bond donors (Lipinski definition) is 1. The van der Waals surface area contributed by atoms with E-state index in [9.17, 15) is 10.4 Å². The maximum atomic E-state index is 10.9. The van der Waals surface area contributed by atoms with Gasteiger partial charge in [0.05, 0.1) is 11.2 Å². The third-order valence-electron chi connectivity index (χ3n) is 4.23. The Morgan fingerprint density at radius 2 is 1.91 bits per heavy atom. The van der Waals surface area contributed by atoms with Gasteiger partial charge in [0.15, 0.2) is 0 Å². The van der Waals surface area contributed by atoms with Crippen molar-refractivity contribution < 1.29 is 5.11 Å². The van der Waals surface area contributed by atoms with Crippen molar-refractivity contribution in [1.82, 2.24) is 4.98 Å². The summed E-state index contributed by atoms with van der Waals surface area (Å²) in [6, 6.07) is 11.3. The summed E-state index contributed by atoms with van der Waals surface area (Å²) < 4.78 is 0.785. The molecule has 4 nitrogen and oxygen atoms in total. The zero-order valence-corrected chi connectivity index (χ0v) is 14.7. The van der Waals surface area contributed by atoms with E-state index in [1.54, 1.807) is 24.4 Å². The molecule has 1 aliphatic rings. The number of rotatable bonds is 2. The molecule has 2 heterocycles. The van der Waals surface area contributed by atoms with Crippen LogP contribution < -0.4 is 4.90 Å². The average molecular weight is 393 g/mol. The zero-order chi connectivity index (χ0) is 16.4. The molecule has 118 valence electrons. The standard InChI is InChI=1S/C17H15BrClN3O/c18-14-9-12(10-20)16(21-11-14)22-7-5-17(23,6-8-22)13-1-3-15(19)4-2-13/h1-4,9,11,23H,5-8H2. The van der Waals surface area contributed by atoms with Gasteiger partial charge in [-0.25, -0.2) is 4.98 Å². The summed E-state index contributed by atoms with van der Waals surface area (Å²) in [7, 11) is 0. The van der Waals surface area contributed by atoms with Gasteiger partial charge in [0.1, 0.15) is 11.9 Å². The van der Waals surface area contributed by atoms with Crippen LogP contribution in [0.5, 0.6) is 0 Å². The van der Waals surface area contributed by atoms with Crippen LogP contribution in [-0.2, 0) is 5.60 Å². The molecule has 1 N–H and O–H groups in total. The quantitative estimate of drug-likeness (QED) is 0.843. The third-order valence-corrected chi connectivity index (χ3v) is 4.91. The Labute approximate surface area is 148 Å². The first-order valence-corrected chi connectivity index (χ1v) is 8.48. The van der Waals surface area contributed by atoms with Gasteiger partial charge in [-0.15, -0.1) is 0 Å². The second-order valence-corrected chi connectivity index (χ2v) is 7.01. The summed E-state index contributed by atoms with van der Waals surface area (Å²) in [5.74, 6) is 0.675. The number of benzene rings is 1. The predicted octanol–water partition coefficient (Wildman–Crippen LogP) is 3.86. The molecule has 0 atom stereocenters. The number of anilines is 1. The number of aliphatic hydroxyl groups is 1. The van der Waals surface area contributed by atoms with Gasteiger partial charge in [0.2, 0.25) is 0 Å². The van der Waals surface area contributed by atoms with Crippen LogP contribution in [0.1, 0.15) is 24.0 Å². The molecule has 2 aromatic rings. The maximum Gasteiger partial charge on any atom is 0.146 e. The first-order valence-electron chi connectivity index (χ1n) is 7.31. The number of halogens is 2. The third kappa shape index (κ3) is 3.35. The Hall–Kier alpha value is -1.61. The molecule has 0 radical (unpaired) electrons. The number of hydrogen-bond acceptors (Lipinski definition) is 4. The second-order valence-electron chi connectivity index (χ2n) is 5.66. The van der Waals surface area contributed by atoms with Gasteiger partial charge in [-0.1, -0.05) is 23.7 Å². The minimum absolute atomic E-state index is 0.538. The van der Waals surface area contributed by atoms with E-state index in [-0.39, 0.29) is 0 Å². The van der Waals surface area contributed by atoms with Gasteiger partial charge in [-0.05, 0) is 52.5 Å². The smallest absolute Gasteiger partial charge is 0.146 e. The van der Waals surface area contributed by atoms with Crippen LogP contribution in [0.2, 0.25) is 5.02 Å². The highest BCUT2D eigenvalue weighted by Gasteiger charge is 2.34. The van der Waals surface area contributed by atoms with E-state index in [1.165, 1.54) is 0 Å². The Morgan fingerprint density at radius 1 is 1.26 bits per heavy atom. The molecule has 0 amide bonds. The summed E-state index contributed by atoms with van der Waals surface area (Å²) in [6.45, 7) is 1.28. The fraction of sp³-hybridized carbons (Fsp3) is 0.294. The minimum Gasteiger partial charge on any atom is -0.385 e. The van der Waals surface area contributed by atoms with Crippen molar-refractivity contribution in [3.63, 3.8) is 0 Å². The van der Waals surface area contributed by atoms with Crippen molar-refractivity contribution in [2.75, 3.05) is 18.0 Å². The van der Waals surface area contributed by atoms with Crippen LogP contribution in [0, 0.1) is 11.3 Å². The fourth-order valence-electron chi connectivity index (χ4n) is 2.90.